The maximum Gasteiger partial charge on any atom is 0.253 e. The van der Waals surface area contributed by atoms with Gasteiger partial charge in [-0.1, -0.05) is 26.0 Å². The van der Waals surface area contributed by atoms with Crippen LogP contribution in [0.5, 0.6) is 0 Å². The molecule has 0 radical (unpaired) electrons. The summed E-state index contributed by atoms with van der Waals surface area (Å²) < 4.78 is 24.2. The van der Waals surface area contributed by atoms with Gasteiger partial charge >= 0.3 is 0 Å². The monoisotopic (exact) mass is 233 g/mol. The Balaban J connectivity index is 3.06. The molecule has 78 valence electrons. The van der Waals surface area contributed by atoms with Crippen LogP contribution in [-0.2, 0) is 10.0 Å². The van der Waals surface area contributed by atoms with Gasteiger partial charge in [-0.05, 0) is 35.4 Å². The second kappa shape index (κ2) is 4.29. The van der Waals surface area contributed by atoms with Gasteiger partial charge in [0.15, 0.2) is 0 Å². The molecule has 0 saturated carbocycles. The third-order valence-electron chi connectivity index (χ3n) is 1.96. The quantitative estimate of drug-likeness (QED) is 0.814. The van der Waals surface area contributed by atoms with Crippen molar-refractivity contribution in [2.24, 2.45) is 0 Å². The number of hydrogen-bond acceptors (Lipinski definition) is 2. The molecule has 5 heteroatoms. The van der Waals surface area contributed by atoms with E-state index >= 15 is 0 Å². The zero-order valence-electron chi connectivity index (χ0n) is 7.99. The van der Waals surface area contributed by atoms with E-state index in [1.54, 1.807) is 28.5 Å². The van der Waals surface area contributed by atoms with Crippen molar-refractivity contribution in [3.63, 3.8) is 0 Å². The molecule has 1 rings (SSSR count). The van der Waals surface area contributed by atoms with E-state index in [2.05, 4.69) is 0 Å². The molecule has 0 amide bonds. The van der Waals surface area contributed by atoms with Gasteiger partial charge in [-0.2, -0.15) is 0 Å². The number of rotatable bonds is 3. The van der Waals surface area contributed by atoms with Crippen LogP contribution in [0.25, 0.3) is 0 Å². The number of sulfonamides is 1. The summed E-state index contributed by atoms with van der Waals surface area (Å²) in [7, 11) is -3.53. The molecule has 0 fully saturated rings. The van der Waals surface area contributed by atoms with Crippen LogP contribution in [0.3, 0.4) is 0 Å². The Bertz CT molecular complexity index is 397. The molecule has 14 heavy (non-hydrogen) atoms. The minimum atomic E-state index is -3.53. The standard InChI is InChI=1S/C9H12ClNO2S/c1-7(2)8-3-5-9(6-4-8)14(12,13)11-10/h3-7,11H,1-2H3. The van der Waals surface area contributed by atoms with E-state index in [0.717, 1.165) is 5.56 Å². The Kier molecular flexibility index (Phi) is 3.53. The molecule has 0 aliphatic heterocycles. The first-order valence-corrected chi connectivity index (χ1v) is 6.06. The van der Waals surface area contributed by atoms with E-state index in [4.69, 9.17) is 11.8 Å². The zero-order chi connectivity index (χ0) is 10.8. The average Bonchev–Trinajstić information content (AvgIpc) is 2.18. The SMILES string of the molecule is CC(C)c1ccc(S(=O)(=O)NCl)cc1. The van der Waals surface area contributed by atoms with Crippen molar-refractivity contribution in [2.75, 3.05) is 0 Å². The predicted octanol–water partition coefficient (Wildman–Crippen LogP) is 2.24. The molecule has 3 nitrogen and oxygen atoms in total. The zero-order valence-corrected chi connectivity index (χ0v) is 9.56. The minimum Gasteiger partial charge on any atom is -0.206 e. The molecule has 0 heterocycles. The highest BCUT2D eigenvalue weighted by Crippen LogP contribution is 2.17. The Labute approximate surface area is 89.3 Å². The van der Waals surface area contributed by atoms with Gasteiger partial charge in [0.25, 0.3) is 10.0 Å². The van der Waals surface area contributed by atoms with Crippen molar-refractivity contribution in [3.05, 3.63) is 29.8 Å². The maximum absolute atomic E-state index is 11.2. The van der Waals surface area contributed by atoms with Crippen LogP contribution in [0.4, 0.5) is 0 Å². The molecule has 0 bridgehead atoms. The van der Waals surface area contributed by atoms with Crippen molar-refractivity contribution in [3.8, 4) is 0 Å². The van der Waals surface area contributed by atoms with E-state index in [-0.39, 0.29) is 4.90 Å². The summed E-state index contributed by atoms with van der Waals surface area (Å²) in [6.45, 7) is 4.09. The van der Waals surface area contributed by atoms with E-state index in [1.807, 2.05) is 13.8 Å². The summed E-state index contributed by atoms with van der Waals surface area (Å²) >= 11 is 5.09. The molecule has 0 saturated heterocycles. The summed E-state index contributed by atoms with van der Waals surface area (Å²) in [6.07, 6.45) is 0. The topological polar surface area (TPSA) is 46.2 Å². The lowest BCUT2D eigenvalue weighted by atomic mass is 10.0. The van der Waals surface area contributed by atoms with Crippen LogP contribution in [0.15, 0.2) is 29.2 Å². The van der Waals surface area contributed by atoms with Gasteiger partial charge in [0, 0.05) is 0 Å². The summed E-state index contributed by atoms with van der Waals surface area (Å²) in [5.41, 5.74) is 1.10. The highest BCUT2D eigenvalue weighted by atomic mass is 35.5. The van der Waals surface area contributed by atoms with E-state index in [1.165, 1.54) is 0 Å². The molecule has 0 aliphatic carbocycles. The molecule has 0 spiro atoms. The second-order valence-electron chi connectivity index (χ2n) is 3.30. The fourth-order valence-electron chi connectivity index (χ4n) is 1.08. The molecule has 0 atom stereocenters. The lowest BCUT2D eigenvalue weighted by Crippen LogP contribution is -2.13. The Morgan fingerprint density at radius 2 is 1.71 bits per heavy atom. The Morgan fingerprint density at radius 3 is 2.07 bits per heavy atom. The molecule has 1 aromatic rings. The predicted molar refractivity (Wildman–Crippen MR) is 56.7 cm³/mol. The minimum absolute atomic E-state index is 0.178. The highest BCUT2D eigenvalue weighted by Gasteiger charge is 2.11. The largest absolute Gasteiger partial charge is 0.253 e. The number of hydrogen-bond donors (Lipinski definition) is 1. The van der Waals surface area contributed by atoms with Gasteiger partial charge < -0.3 is 0 Å². The van der Waals surface area contributed by atoms with Gasteiger partial charge in [-0.3, -0.25) is 0 Å². The first-order chi connectivity index (χ1) is 6.47. The van der Waals surface area contributed by atoms with Gasteiger partial charge in [-0.15, -0.1) is 4.24 Å². The summed E-state index contributed by atoms with van der Waals surface area (Å²) in [4.78, 5) is 0.178. The van der Waals surface area contributed by atoms with Crippen LogP contribution in [0.1, 0.15) is 25.3 Å². The lowest BCUT2D eigenvalue weighted by Gasteiger charge is -2.06. The van der Waals surface area contributed by atoms with Crippen molar-refractivity contribution >= 4 is 21.8 Å². The lowest BCUT2D eigenvalue weighted by molar-refractivity contribution is 0.594. The number of nitrogens with one attached hydrogen (secondary N) is 1. The third-order valence-corrected chi connectivity index (χ3v) is 3.66. The summed E-state index contributed by atoms with van der Waals surface area (Å²) in [5.74, 6) is 0.385. The number of benzene rings is 1. The molecule has 0 aromatic heterocycles. The molecular weight excluding hydrogens is 222 g/mol. The van der Waals surface area contributed by atoms with Gasteiger partial charge in [0.1, 0.15) is 0 Å². The Hall–Kier alpha value is -0.580. The van der Waals surface area contributed by atoms with Crippen LogP contribution >= 0.6 is 11.8 Å². The molecule has 1 aromatic carbocycles. The highest BCUT2D eigenvalue weighted by molar-refractivity contribution is 7.90. The molecule has 1 N–H and O–H groups in total. The summed E-state index contributed by atoms with van der Waals surface area (Å²) in [5, 5.41) is 0. The van der Waals surface area contributed by atoms with Crippen LogP contribution < -0.4 is 4.24 Å². The third kappa shape index (κ3) is 2.47. The van der Waals surface area contributed by atoms with Gasteiger partial charge in [-0.25, -0.2) is 8.42 Å². The first kappa shape index (κ1) is 11.5. The van der Waals surface area contributed by atoms with Crippen molar-refractivity contribution < 1.29 is 8.42 Å². The van der Waals surface area contributed by atoms with Gasteiger partial charge in [0.05, 0.1) is 4.90 Å². The van der Waals surface area contributed by atoms with E-state index in [0.29, 0.717) is 5.92 Å². The normalized spacial score (nSPS) is 12.0. The van der Waals surface area contributed by atoms with Crippen molar-refractivity contribution in [1.82, 2.24) is 4.24 Å². The molecule has 0 unspecified atom stereocenters. The fourth-order valence-corrected chi connectivity index (χ4v) is 1.93. The van der Waals surface area contributed by atoms with Crippen molar-refractivity contribution in [1.29, 1.82) is 0 Å². The maximum atomic E-state index is 11.2. The van der Waals surface area contributed by atoms with Crippen LogP contribution in [-0.4, -0.2) is 8.42 Å². The van der Waals surface area contributed by atoms with Gasteiger partial charge in [0.2, 0.25) is 0 Å². The fraction of sp³-hybridized carbons (Fsp3) is 0.333. The number of halogens is 1. The average molecular weight is 234 g/mol. The molecule has 0 aliphatic rings. The smallest absolute Gasteiger partial charge is 0.206 e. The van der Waals surface area contributed by atoms with Crippen LogP contribution in [0.2, 0.25) is 0 Å². The Morgan fingerprint density at radius 1 is 1.21 bits per heavy atom. The second-order valence-corrected chi connectivity index (χ2v) is 5.40. The van der Waals surface area contributed by atoms with E-state index < -0.39 is 10.0 Å². The van der Waals surface area contributed by atoms with E-state index in [9.17, 15) is 8.42 Å². The molecular formula is C9H12ClNO2S. The first-order valence-electron chi connectivity index (χ1n) is 4.20. The van der Waals surface area contributed by atoms with Crippen LogP contribution in [0, 0.1) is 0 Å². The summed E-state index contributed by atoms with van der Waals surface area (Å²) in [6, 6.07) is 6.65. The van der Waals surface area contributed by atoms with Crippen molar-refractivity contribution in [2.45, 2.75) is 24.7 Å².